The summed E-state index contributed by atoms with van der Waals surface area (Å²) in [7, 11) is 0. The van der Waals surface area contributed by atoms with Crippen molar-refractivity contribution in [2.24, 2.45) is 0 Å². The monoisotopic (exact) mass is 427 g/mol. The Morgan fingerprint density at radius 2 is 1.96 bits per heavy atom. The van der Waals surface area contributed by atoms with Crippen LogP contribution in [0.4, 0.5) is 17.5 Å². The number of benzene rings is 1. The lowest BCUT2D eigenvalue weighted by Gasteiger charge is -2.27. The van der Waals surface area contributed by atoms with Crippen molar-refractivity contribution >= 4 is 33.4 Å². The molecule has 8 heteroatoms. The summed E-state index contributed by atoms with van der Waals surface area (Å²) in [5.74, 6) is 1.46. The fraction of sp³-hybridized carbons (Fsp3) is 0.211. The minimum atomic E-state index is 0.182. The zero-order valence-electron chi connectivity index (χ0n) is 14.5. The van der Waals surface area contributed by atoms with Crippen molar-refractivity contribution in [3.05, 3.63) is 53.3 Å². The number of halogens is 1. The highest BCUT2D eigenvalue weighted by Gasteiger charge is 2.17. The second kappa shape index (κ2) is 7.89. The van der Waals surface area contributed by atoms with Gasteiger partial charge in [-0.25, -0.2) is 4.98 Å². The maximum atomic E-state index is 9.91. The molecule has 0 aliphatic carbocycles. The van der Waals surface area contributed by atoms with E-state index >= 15 is 0 Å². The predicted octanol–water partition coefficient (Wildman–Crippen LogP) is 3.59. The number of phenolic OH excluding ortho intramolecular Hbond substituents is 1. The van der Waals surface area contributed by atoms with E-state index in [2.05, 4.69) is 36.1 Å². The molecule has 0 saturated carbocycles. The lowest BCUT2D eigenvalue weighted by Crippen LogP contribution is -2.37. The molecule has 7 nitrogen and oxygen atoms in total. The summed E-state index contributed by atoms with van der Waals surface area (Å²) < 4.78 is 6.28. The third kappa shape index (κ3) is 4.17. The van der Waals surface area contributed by atoms with Crippen LogP contribution in [-0.2, 0) is 4.74 Å². The van der Waals surface area contributed by atoms with Crippen LogP contribution in [0.1, 0.15) is 0 Å². The number of morpholine rings is 1. The van der Waals surface area contributed by atoms with E-state index < -0.39 is 0 Å². The number of nitrogens with one attached hydrogen (secondary N) is 1. The number of pyridine rings is 1. The van der Waals surface area contributed by atoms with Gasteiger partial charge < -0.3 is 20.1 Å². The van der Waals surface area contributed by atoms with Gasteiger partial charge >= 0.3 is 0 Å². The number of hydrogen-bond acceptors (Lipinski definition) is 7. The lowest BCUT2D eigenvalue weighted by molar-refractivity contribution is 0.122. The van der Waals surface area contributed by atoms with E-state index in [1.165, 1.54) is 0 Å². The Hall–Kier alpha value is -2.71. The minimum absolute atomic E-state index is 0.182. The van der Waals surface area contributed by atoms with Crippen molar-refractivity contribution in [3.63, 3.8) is 0 Å². The van der Waals surface area contributed by atoms with E-state index in [1.807, 2.05) is 18.2 Å². The fourth-order valence-electron chi connectivity index (χ4n) is 2.84. The average molecular weight is 428 g/mol. The van der Waals surface area contributed by atoms with Gasteiger partial charge in [-0.2, -0.15) is 4.98 Å². The Bertz CT molecular complexity index is 933. The van der Waals surface area contributed by atoms with Gasteiger partial charge in [0.2, 0.25) is 5.95 Å². The smallest absolute Gasteiger partial charge is 0.228 e. The van der Waals surface area contributed by atoms with Gasteiger partial charge in [0, 0.05) is 35.4 Å². The molecule has 0 amide bonds. The Morgan fingerprint density at radius 1 is 1.11 bits per heavy atom. The molecular weight excluding hydrogens is 410 g/mol. The number of rotatable bonds is 4. The summed E-state index contributed by atoms with van der Waals surface area (Å²) in [6.07, 6.45) is 3.46. The molecule has 1 saturated heterocycles. The first-order valence-electron chi connectivity index (χ1n) is 8.57. The Kier molecular flexibility index (Phi) is 5.17. The zero-order valence-corrected chi connectivity index (χ0v) is 16.1. The molecule has 1 aliphatic heterocycles. The Morgan fingerprint density at radius 3 is 2.74 bits per heavy atom. The largest absolute Gasteiger partial charge is 0.508 e. The topological polar surface area (TPSA) is 83.4 Å². The molecular formula is C19H18BrN5O2. The molecule has 0 spiro atoms. The molecule has 0 bridgehead atoms. The molecule has 2 aromatic heterocycles. The summed E-state index contributed by atoms with van der Waals surface area (Å²) in [6.45, 7) is 2.76. The Balaban J connectivity index is 1.77. The van der Waals surface area contributed by atoms with Crippen molar-refractivity contribution in [1.82, 2.24) is 15.0 Å². The van der Waals surface area contributed by atoms with Gasteiger partial charge in [0.1, 0.15) is 11.6 Å². The molecule has 4 rings (SSSR count). The van der Waals surface area contributed by atoms with E-state index in [1.54, 1.807) is 30.6 Å². The van der Waals surface area contributed by atoms with Crippen LogP contribution in [-0.4, -0.2) is 46.4 Å². The van der Waals surface area contributed by atoms with Crippen LogP contribution in [0.25, 0.3) is 11.3 Å². The second-order valence-electron chi connectivity index (χ2n) is 6.07. The molecule has 0 radical (unpaired) electrons. The van der Waals surface area contributed by atoms with Crippen LogP contribution >= 0.6 is 15.9 Å². The van der Waals surface area contributed by atoms with E-state index in [0.717, 1.165) is 28.8 Å². The van der Waals surface area contributed by atoms with E-state index in [0.29, 0.717) is 30.7 Å². The number of nitrogens with zero attached hydrogens (tertiary/aromatic N) is 4. The van der Waals surface area contributed by atoms with Crippen molar-refractivity contribution in [3.8, 4) is 17.0 Å². The third-order valence-electron chi connectivity index (χ3n) is 4.17. The first-order valence-corrected chi connectivity index (χ1v) is 9.36. The number of aromatic nitrogens is 3. The van der Waals surface area contributed by atoms with Crippen molar-refractivity contribution < 1.29 is 9.84 Å². The lowest BCUT2D eigenvalue weighted by atomic mass is 10.1. The zero-order chi connectivity index (χ0) is 18.6. The van der Waals surface area contributed by atoms with Crippen molar-refractivity contribution in [2.75, 3.05) is 36.5 Å². The number of hydrogen-bond donors (Lipinski definition) is 2. The maximum absolute atomic E-state index is 9.91. The normalized spacial score (nSPS) is 14.2. The molecule has 1 aromatic carbocycles. The maximum Gasteiger partial charge on any atom is 0.228 e. The molecule has 1 aliphatic rings. The molecule has 2 N–H and O–H groups in total. The van der Waals surface area contributed by atoms with Crippen molar-refractivity contribution in [2.45, 2.75) is 0 Å². The third-order valence-corrected chi connectivity index (χ3v) is 4.86. The number of anilines is 3. The predicted molar refractivity (Wildman–Crippen MR) is 107 cm³/mol. The summed E-state index contributed by atoms with van der Waals surface area (Å²) in [5, 5.41) is 13.2. The van der Waals surface area contributed by atoms with Gasteiger partial charge in [-0.15, -0.1) is 0 Å². The standard InChI is InChI=1S/C19H18BrN5O2/c20-16-4-3-14(26)10-15(16)17-11-18(22-13-2-1-5-21-12-13)24-19(23-17)25-6-8-27-9-7-25/h1-5,10-12,26H,6-9H2,(H,22,23,24). The molecule has 3 heterocycles. The highest BCUT2D eigenvalue weighted by molar-refractivity contribution is 9.10. The van der Waals surface area contributed by atoms with Gasteiger partial charge in [0.15, 0.2) is 0 Å². The highest BCUT2D eigenvalue weighted by Crippen LogP contribution is 2.33. The highest BCUT2D eigenvalue weighted by atomic mass is 79.9. The van der Waals surface area contributed by atoms with Gasteiger partial charge in [-0.05, 0) is 30.3 Å². The molecule has 3 aromatic rings. The summed E-state index contributed by atoms with van der Waals surface area (Å²) >= 11 is 3.54. The Labute approximate surface area is 165 Å². The summed E-state index contributed by atoms with van der Waals surface area (Å²) in [4.78, 5) is 15.6. The molecule has 27 heavy (non-hydrogen) atoms. The van der Waals surface area contributed by atoms with E-state index in [-0.39, 0.29) is 5.75 Å². The number of aromatic hydroxyl groups is 1. The quantitative estimate of drug-likeness (QED) is 0.657. The van der Waals surface area contributed by atoms with Crippen LogP contribution in [0.2, 0.25) is 0 Å². The second-order valence-corrected chi connectivity index (χ2v) is 6.92. The number of phenols is 1. The van der Waals surface area contributed by atoms with Crippen LogP contribution in [0.15, 0.2) is 53.3 Å². The molecule has 0 atom stereocenters. The summed E-state index contributed by atoms with van der Waals surface area (Å²) in [5.41, 5.74) is 2.34. The van der Waals surface area contributed by atoms with Crippen LogP contribution < -0.4 is 10.2 Å². The SMILES string of the molecule is Oc1ccc(Br)c(-c2cc(Nc3cccnc3)nc(N3CCOCC3)n2)c1. The minimum Gasteiger partial charge on any atom is -0.508 e. The van der Waals surface area contributed by atoms with Crippen LogP contribution in [0, 0.1) is 0 Å². The molecule has 1 fully saturated rings. The first kappa shape index (κ1) is 17.7. The van der Waals surface area contributed by atoms with Gasteiger partial charge in [0.25, 0.3) is 0 Å². The fourth-order valence-corrected chi connectivity index (χ4v) is 3.29. The molecule has 138 valence electrons. The number of ether oxygens (including phenoxy) is 1. The van der Waals surface area contributed by atoms with Gasteiger partial charge in [0.05, 0.1) is 30.8 Å². The van der Waals surface area contributed by atoms with Crippen LogP contribution in [0.5, 0.6) is 5.75 Å². The summed E-state index contributed by atoms with van der Waals surface area (Å²) in [6, 6.07) is 10.8. The van der Waals surface area contributed by atoms with Gasteiger partial charge in [-0.3, -0.25) is 4.98 Å². The average Bonchev–Trinajstić information content (AvgIpc) is 2.71. The van der Waals surface area contributed by atoms with E-state index in [9.17, 15) is 5.11 Å². The first-order chi connectivity index (χ1) is 13.2. The molecule has 0 unspecified atom stereocenters. The van der Waals surface area contributed by atoms with Gasteiger partial charge in [-0.1, -0.05) is 15.9 Å². The van der Waals surface area contributed by atoms with Crippen molar-refractivity contribution in [1.29, 1.82) is 0 Å². The van der Waals surface area contributed by atoms with Crippen LogP contribution in [0.3, 0.4) is 0 Å². The van der Waals surface area contributed by atoms with E-state index in [4.69, 9.17) is 9.72 Å².